The van der Waals surface area contributed by atoms with E-state index < -0.39 is 9.71 Å². The molecule has 1 unspecified atom stereocenters. The van der Waals surface area contributed by atoms with Gasteiger partial charge in [-0.05, 0) is 18.6 Å². The van der Waals surface area contributed by atoms with Crippen LogP contribution in [0.3, 0.4) is 0 Å². The van der Waals surface area contributed by atoms with Gasteiger partial charge in [-0.15, -0.1) is 0 Å². The molecular formula is C10H10Cl3NO. The maximum atomic E-state index is 11.9. The summed E-state index contributed by atoms with van der Waals surface area (Å²) in [6.07, 6.45) is 2.00. The van der Waals surface area contributed by atoms with Gasteiger partial charge in [-0.2, -0.15) is 0 Å². The maximum absolute atomic E-state index is 11.9. The number of aromatic nitrogens is 1. The lowest BCUT2D eigenvalue weighted by Gasteiger charge is -2.21. The van der Waals surface area contributed by atoms with Crippen molar-refractivity contribution < 1.29 is 4.79 Å². The predicted molar refractivity (Wildman–Crippen MR) is 62.6 cm³/mol. The minimum Gasteiger partial charge on any atom is -0.292 e. The number of nitrogens with zero attached hydrogens (tertiary/aromatic N) is 1. The first kappa shape index (κ1) is 12.8. The first-order valence-electron chi connectivity index (χ1n) is 4.48. The van der Waals surface area contributed by atoms with E-state index in [1.807, 2.05) is 0 Å². The van der Waals surface area contributed by atoms with E-state index in [2.05, 4.69) is 4.98 Å². The van der Waals surface area contributed by atoms with Gasteiger partial charge in [0.05, 0.1) is 5.92 Å². The van der Waals surface area contributed by atoms with Gasteiger partial charge in [-0.3, -0.25) is 9.78 Å². The Labute approximate surface area is 104 Å². The van der Waals surface area contributed by atoms with Crippen LogP contribution in [0.2, 0.25) is 0 Å². The van der Waals surface area contributed by atoms with Gasteiger partial charge in [-0.1, -0.05) is 47.8 Å². The lowest BCUT2D eigenvalue weighted by atomic mass is 10.00. The minimum atomic E-state index is -1.58. The van der Waals surface area contributed by atoms with Crippen molar-refractivity contribution in [2.75, 3.05) is 0 Å². The predicted octanol–water partition coefficient (Wildman–Crippen LogP) is 3.66. The zero-order valence-electron chi connectivity index (χ0n) is 8.08. The first-order valence-corrected chi connectivity index (χ1v) is 5.62. The molecule has 0 aliphatic heterocycles. The lowest BCUT2D eigenvalue weighted by Crippen LogP contribution is -2.28. The normalized spacial score (nSPS) is 13.6. The van der Waals surface area contributed by atoms with Crippen LogP contribution >= 0.6 is 34.8 Å². The highest BCUT2D eigenvalue weighted by molar-refractivity contribution is 6.68. The van der Waals surface area contributed by atoms with Crippen LogP contribution in [0.4, 0.5) is 0 Å². The Morgan fingerprint density at radius 3 is 2.53 bits per heavy atom. The van der Waals surface area contributed by atoms with Crippen molar-refractivity contribution in [3.63, 3.8) is 0 Å². The molecule has 0 spiro atoms. The molecule has 0 aromatic carbocycles. The molecule has 15 heavy (non-hydrogen) atoms. The molecule has 0 aliphatic rings. The van der Waals surface area contributed by atoms with Crippen LogP contribution in [0.5, 0.6) is 0 Å². The van der Waals surface area contributed by atoms with Crippen LogP contribution < -0.4 is 0 Å². The van der Waals surface area contributed by atoms with E-state index in [0.29, 0.717) is 12.1 Å². The molecular weight excluding hydrogens is 256 g/mol. The molecule has 0 N–H and O–H groups in total. The van der Waals surface area contributed by atoms with Crippen molar-refractivity contribution in [2.45, 2.75) is 17.1 Å². The first-order chi connectivity index (χ1) is 6.96. The van der Waals surface area contributed by atoms with Crippen molar-refractivity contribution in [1.82, 2.24) is 4.98 Å². The number of hydrogen-bond donors (Lipinski definition) is 0. The molecule has 1 rings (SSSR count). The summed E-state index contributed by atoms with van der Waals surface area (Å²) < 4.78 is -1.58. The van der Waals surface area contributed by atoms with E-state index in [1.54, 1.807) is 31.3 Å². The summed E-state index contributed by atoms with van der Waals surface area (Å²) in [4.78, 5) is 15.8. The number of alkyl halides is 3. The highest BCUT2D eigenvalue weighted by Crippen LogP contribution is 2.38. The summed E-state index contributed by atoms with van der Waals surface area (Å²) in [7, 11) is 0. The summed E-state index contributed by atoms with van der Waals surface area (Å²) in [5, 5.41) is 0. The summed E-state index contributed by atoms with van der Waals surface area (Å²) in [6, 6.07) is 5.07. The zero-order chi connectivity index (χ0) is 11.5. The number of pyridine rings is 1. The van der Waals surface area contributed by atoms with Gasteiger partial charge in [0.2, 0.25) is 3.79 Å². The Morgan fingerprint density at radius 2 is 2.13 bits per heavy atom. The average molecular weight is 267 g/mol. The Morgan fingerprint density at radius 1 is 1.47 bits per heavy atom. The van der Waals surface area contributed by atoms with Gasteiger partial charge in [0.15, 0.2) is 5.78 Å². The van der Waals surface area contributed by atoms with Gasteiger partial charge >= 0.3 is 0 Å². The highest BCUT2D eigenvalue weighted by Gasteiger charge is 2.37. The summed E-state index contributed by atoms with van der Waals surface area (Å²) in [5.41, 5.74) is 0.329. The number of halogens is 3. The van der Waals surface area contributed by atoms with Crippen LogP contribution in [-0.4, -0.2) is 14.6 Å². The minimum absolute atomic E-state index is 0.238. The van der Waals surface area contributed by atoms with Gasteiger partial charge in [0.1, 0.15) is 5.69 Å². The van der Waals surface area contributed by atoms with Gasteiger partial charge in [0, 0.05) is 6.20 Å². The maximum Gasteiger partial charge on any atom is 0.200 e. The molecule has 0 fully saturated rings. The Kier molecular flexibility index (Phi) is 4.38. The molecule has 0 amide bonds. The topological polar surface area (TPSA) is 30.0 Å². The Bertz CT molecular complexity index is 334. The van der Waals surface area contributed by atoms with Crippen molar-refractivity contribution in [2.24, 2.45) is 5.92 Å². The Hall–Kier alpha value is -0.310. The van der Waals surface area contributed by atoms with Crippen LogP contribution in [0, 0.1) is 5.92 Å². The number of carbonyl (C=O) groups excluding carboxylic acids is 1. The monoisotopic (exact) mass is 265 g/mol. The third-order valence-electron chi connectivity index (χ3n) is 2.04. The fraction of sp³-hybridized carbons (Fsp3) is 0.400. The molecule has 5 heteroatoms. The summed E-state index contributed by atoms with van der Waals surface area (Å²) in [6.45, 7) is 1.80. The van der Waals surface area contributed by atoms with Crippen LogP contribution in [0.25, 0.3) is 0 Å². The van der Waals surface area contributed by atoms with Crippen LogP contribution in [0.15, 0.2) is 24.4 Å². The molecule has 0 bridgehead atoms. The van der Waals surface area contributed by atoms with E-state index in [4.69, 9.17) is 34.8 Å². The highest BCUT2D eigenvalue weighted by atomic mass is 35.6. The standard InChI is InChI=1S/C10H10Cl3NO/c1-2-7(10(11,12)13)9(15)8-5-3-4-6-14-8/h3-7H,2H2,1H3. The molecule has 1 aromatic rings. The average Bonchev–Trinajstić information content (AvgIpc) is 2.18. The number of Topliss-reactive ketones (excluding diaryl/α,β-unsaturated/α-hetero) is 1. The van der Waals surface area contributed by atoms with E-state index in [1.165, 1.54) is 0 Å². The second-order valence-electron chi connectivity index (χ2n) is 3.08. The summed E-state index contributed by atoms with van der Waals surface area (Å²) >= 11 is 17.2. The fourth-order valence-corrected chi connectivity index (χ4v) is 2.01. The second-order valence-corrected chi connectivity index (χ2v) is 5.45. The van der Waals surface area contributed by atoms with Crippen molar-refractivity contribution in [3.05, 3.63) is 30.1 Å². The molecule has 1 aromatic heterocycles. The molecule has 0 radical (unpaired) electrons. The zero-order valence-corrected chi connectivity index (χ0v) is 10.4. The number of hydrogen-bond acceptors (Lipinski definition) is 2. The van der Waals surface area contributed by atoms with Crippen LogP contribution in [0.1, 0.15) is 23.8 Å². The smallest absolute Gasteiger partial charge is 0.200 e. The second kappa shape index (κ2) is 5.15. The number of rotatable bonds is 3. The summed E-state index contributed by atoms with van der Waals surface area (Å²) in [5.74, 6) is -0.893. The van der Waals surface area contributed by atoms with Crippen molar-refractivity contribution >= 4 is 40.6 Å². The molecule has 2 nitrogen and oxygen atoms in total. The molecule has 1 atom stereocenters. The Balaban J connectivity index is 2.93. The van der Waals surface area contributed by atoms with E-state index in [-0.39, 0.29) is 5.78 Å². The van der Waals surface area contributed by atoms with Gasteiger partial charge in [0.25, 0.3) is 0 Å². The number of carbonyl (C=O) groups is 1. The largest absolute Gasteiger partial charge is 0.292 e. The molecule has 82 valence electrons. The molecule has 0 aliphatic carbocycles. The van der Waals surface area contributed by atoms with E-state index in [9.17, 15) is 4.79 Å². The van der Waals surface area contributed by atoms with Crippen molar-refractivity contribution in [1.29, 1.82) is 0 Å². The molecule has 0 saturated carbocycles. The van der Waals surface area contributed by atoms with E-state index >= 15 is 0 Å². The third kappa shape index (κ3) is 3.33. The van der Waals surface area contributed by atoms with Crippen LogP contribution in [-0.2, 0) is 0 Å². The third-order valence-corrected chi connectivity index (χ3v) is 2.83. The fourth-order valence-electron chi connectivity index (χ4n) is 1.25. The van der Waals surface area contributed by atoms with E-state index in [0.717, 1.165) is 0 Å². The SMILES string of the molecule is CCC(C(=O)c1ccccn1)C(Cl)(Cl)Cl. The molecule has 0 saturated heterocycles. The number of ketones is 1. The lowest BCUT2D eigenvalue weighted by molar-refractivity contribution is 0.0913. The quantitative estimate of drug-likeness (QED) is 0.617. The van der Waals surface area contributed by atoms with Gasteiger partial charge in [-0.25, -0.2) is 0 Å². The van der Waals surface area contributed by atoms with Gasteiger partial charge < -0.3 is 0 Å². The molecule has 1 heterocycles. The van der Waals surface area contributed by atoms with Crippen molar-refractivity contribution in [3.8, 4) is 0 Å².